The second-order valence-electron chi connectivity index (χ2n) is 5.72. The van der Waals surface area contributed by atoms with Crippen LogP contribution in [0.1, 0.15) is 25.1 Å². The van der Waals surface area contributed by atoms with E-state index in [4.69, 9.17) is 0 Å². The Morgan fingerprint density at radius 3 is 2.75 bits per heavy atom. The minimum absolute atomic E-state index is 0.234. The van der Waals surface area contributed by atoms with Gasteiger partial charge in [0.05, 0.1) is 5.52 Å². The molecule has 124 valence electrons. The average molecular weight is 330 g/mol. The Hall–Kier alpha value is -2.83. The fourth-order valence-electron chi connectivity index (χ4n) is 2.52. The molecule has 3 heterocycles. The summed E-state index contributed by atoms with van der Waals surface area (Å²) >= 11 is 0. The van der Waals surface area contributed by atoms with Crippen molar-refractivity contribution in [2.45, 2.75) is 26.7 Å². The summed E-state index contributed by atoms with van der Waals surface area (Å²) in [6.45, 7) is 4.11. The molecule has 5 nitrogen and oxygen atoms in total. The summed E-state index contributed by atoms with van der Waals surface area (Å²) < 4.78 is 28.8. The summed E-state index contributed by atoms with van der Waals surface area (Å²) in [5.41, 5.74) is 1.37. The Morgan fingerprint density at radius 1 is 1.33 bits per heavy atom. The predicted octanol–water partition coefficient (Wildman–Crippen LogP) is 3.80. The number of carbonyl (C=O) groups is 1. The lowest BCUT2D eigenvalue weighted by molar-refractivity contribution is -0.114. The number of nitrogens with zero attached hydrogens (tertiary/aromatic N) is 3. The lowest BCUT2D eigenvalue weighted by Gasteiger charge is -2.12. The smallest absolute Gasteiger partial charge is 0.287 e. The molecule has 0 bridgehead atoms. The second kappa shape index (κ2) is 5.67. The zero-order valence-electron chi connectivity index (χ0n) is 13.5. The minimum atomic E-state index is -3.02. The number of carbonyl (C=O) groups excluding carboxylic acids is 1. The molecule has 0 saturated carbocycles. The standard InChI is InChI=1S/C17H16F2N4O/c1-10-9-23(16-6-4-5-14(22-16)17(3,18)19)13-7-15(21-11(2)24)20-8-12(10)13/h4-9H,1-3H3,(H,20,21,24). The maximum Gasteiger partial charge on any atom is 0.287 e. The van der Waals surface area contributed by atoms with Gasteiger partial charge in [-0.05, 0) is 24.6 Å². The van der Waals surface area contributed by atoms with Crippen LogP contribution < -0.4 is 5.32 Å². The first-order valence-corrected chi connectivity index (χ1v) is 7.37. The topological polar surface area (TPSA) is 59.8 Å². The van der Waals surface area contributed by atoms with E-state index in [2.05, 4.69) is 15.3 Å². The molecule has 0 aliphatic rings. The quantitative estimate of drug-likeness (QED) is 0.794. The highest BCUT2D eigenvalue weighted by Gasteiger charge is 2.26. The van der Waals surface area contributed by atoms with Crippen molar-refractivity contribution < 1.29 is 13.6 Å². The molecule has 0 atom stereocenters. The molecule has 0 aliphatic carbocycles. The van der Waals surface area contributed by atoms with Crippen LogP contribution in [0.5, 0.6) is 0 Å². The Bertz CT molecular complexity index is 928. The number of aryl methyl sites for hydroxylation is 1. The largest absolute Gasteiger partial charge is 0.311 e. The summed E-state index contributed by atoms with van der Waals surface area (Å²) in [5, 5.41) is 3.48. The first-order valence-electron chi connectivity index (χ1n) is 7.37. The summed E-state index contributed by atoms with van der Waals surface area (Å²) in [5.74, 6) is -2.47. The maximum atomic E-state index is 13.5. The molecule has 0 saturated heterocycles. The van der Waals surface area contributed by atoms with E-state index in [1.54, 1.807) is 29.0 Å². The third-order valence-corrected chi connectivity index (χ3v) is 3.62. The van der Waals surface area contributed by atoms with Gasteiger partial charge >= 0.3 is 0 Å². The molecule has 0 aromatic carbocycles. The minimum Gasteiger partial charge on any atom is -0.311 e. The highest BCUT2D eigenvalue weighted by Crippen LogP contribution is 2.28. The molecule has 0 spiro atoms. The van der Waals surface area contributed by atoms with Gasteiger partial charge in [-0.2, -0.15) is 8.78 Å². The number of halogens is 2. The van der Waals surface area contributed by atoms with Gasteiger partial charge in [0.1, 0.15) is 17.3 Å². The van der Waals surface area contributed by atoms with Crippen molar-refractivity contribution in [1.29, 1.82) is 0 Å². The van der Waals surface area contributed by atoms with Crippen molar-refractivity contribution in [2.75, 3.05) is 5.32 Å². The van der Waals surface area contributed by atoms with E-state index in [0.717, 1.165) is 23.4 Å². The van der Waals surface area contributed by atoms with E-state index in [1.165, 1.54) is 13.0 Å². The molecule has 0 aliphatic heterocycles. The molecule has 24 heavy (non-hydrogen) atoms. The third kappa shape index (κ3) is 2.97. The zero-order valence-corrected chi connectivity index (χ0v) is 13.5. The van der Waals surface area contributed by atoms with Crippen molar-refractivity contribution in [3.8, 4) is 5.82 Å². The van der Waals surface area contributed by atoms with E-state index in [-0.39, 0.29) is 11.6 Å². The van der Waals surface area contributed by atoms with Crippen LogP contribution in [0.4, 0.5) is 14.6 Å². The normalized spacial score (nSPS) is 11.7. The van der Waals surface area contributed by atoms with E-state index in [1.807, 2.05) is 13.1 Å². The van der Waals surface area contributed by atoms with Crippen LogP contribution in [0.2, 0.25) is 0 Å². The Labute approximate surface area is 137 Å². The predicted molar refractivity (Wildman–Crippen MR) is 87.5 cm³/mol. The molecule has 1 amide bonds. The number of pyridine rings is 2. The number of fused-ring (bicyclic) bond motifs is 1. The molecule has 3 aromatic rings. The molecule has 0 fully saturated rings. The monoisotopic (exact) mass is 330 g/mol. The number of amides is 1. The highest BCUT2D eigenvalue weighted by atomic mass is 19.3. The third-order valence-electron chi connectivity index (χ3n) is 3.62. The van der Waals surface area contributed by atoms with Crippen molar-refractivity contribution in [1.82, 2.24) is 14.5 Å². The Kier molecular flexibility index (Phi) is 3.79. The fraction of sp³-hybridized carbons (Fsp3) is 0.235. The van der Waals surface area contributed by atoms with Gasteiger partial charge in [-0.15, -0.1) is 0 Å². The van der Waals surface area contributed by atoms with Gasteiger partial charge in [-0.1, -0.05) is 6.07 Å². The lowest BCUT2D eigenvalue weighted by Crippen LogP contribution is -2.11. The van der Waals surface area contributed by atoms with Gasteiger partial charge in [0, 0.05) is 37.7 Å². The van der Waals surface area contributed by atoms with E-state index >= 15 is 0 Å². The Morgan fingerprint density at radius 2 is 2.08 bits per heavy atom. The summed E-state index contributed by atoms with van der Waals surface area (Å²) in [6, 6.07) is 6.20. The number of nitrogens with one attached hydrogen (secondary N) is 1. The number of hydrogen-bond acceptors (Lipinski definition) is 3. The number of rotatable bonds is 3. The summed E-state index contributed by atoms with van der Waals surface area (Å²) in [4.78, 5) is 19.5. The van der Waals surface area contributed by atoms with Gasteiger partial charge in [-0.25, -0.2) is 9.97 Å². The van der Waals surface area contributed by atoms with Crippen molar-refractivity contribution in [3.05, 3.63) is 47.9 Å². The SMILES string of the molecule is CC(=O)Nc1cc2c(cn1)c(C)cn2-c1cccc(C(C)(F)F)n1. The van der Waals surface area contributed by atoms with Gasteiger partial charge < -0.3 is 9.88 Å². The van der Waals surface area contributed by atoms with Crippen molar-refractivity contribution >= 4 is 22.6 Å². The van der Waals surface area contributed by atoms with Crippen LogP contribution in [0.25, 0.3) is 16.7 Å². The van der Waals surface area contributed by atoms with Crippen molar-refractivity contribution in [3.63, 3.8) is 0 Å². The number of anilines is 1. The first-order chi connectivity index (χ1) is 11.3. The van der Waals surface area contributed by atoms with Crippen LogP contribution in [0.15, 0.2) is 36.7 Å². The van der Waals surface area contributed by atoms with Gasteiger partial charge in [0.2, 0.25) is 5.91 Å². The van der Waals surface area contributed by atoms with Gasteiger partial charge in [0.25, 0.3) is 5.92 Å². The average Bonchev–Trinajstić information content (AvgIpc) is 2.83. The summed E-state index contributed by atoms with van der Waals surface area (Å²) in [6.07, 6.45) is 3.45. The van der Waals surface area contributed by atoms with Crippen LogP contribution >= 0.6 is 0 Å². The first kappa shape index (κ1) is 16.0. The van der Waals surface area contributed by atoms with Crippen molar-refractivity contribution in [2.24, 2.45) is 0 Å². The maximum absolute atomic E-state index is 13.5. The molecule has 1 N–H and O–H groups in total. The second-order valence-corrected chi connectivity index (χ2v) is 5.72. The van der Waals surface area contributed by atoms with Crippen LogP contribution in [-0.4, -0.2) is 20.4 Å². The van der Waals surface area contributed by atoms with E-state index < -0.39 is 5.92 Å². The molecular formula is C17H16F2N4O. The van der Waals surface area contributed by atoms with Crippen LogP contribution in [0, 0.1) is 6.92 Å². The molecule has 7 heteroatoms. The Balaban J connectivity index is 2.17. The van der Waals surface area contributed by atoms with Crippen LogP contribution in [-0.2, 0) is 10.7 Å². The molecule has 3 aromatic heterocycles. The number of alkyl halides is 2. The number of hydrogen-bond donors (Lipinski definition) is 1. The molecule has 0 radical (unpaired) electrons. The lowest BCUT2D eigenvalue weighted by atomic mass is 10.2. The number of aromatic nitrogens is 3. The highest BCUT2D eigenvalue weighted by molar-refractivity contribution is 5.92. The van der Waals surface area contributed by atoms with E-state index in [9.17, 15) is 13.6 Å². The molecular weight excluding hydrogens is 314 g/mol. The molecule has 0 unspecified atom stereocenters. The van der Waals surface area contributed by atoms with E-state index in [0.29, 0.717) is 11.6 Å². The summed E-state index contributed by atoms with van der Waals surface area (Å²) in [7, 11) is 0. The van der Waals surface area contributed by atoms with Gasteiger partial charge in [0.15, 0.2) is 0 Å². The van der Waals surface area contributed by atoms with Crippen LogP contribution in [0.3, 0.4) is 0 Å². The zero-order chi connectivity index (χ0) is 17.5. The fourth-order valence-corrected chi connectivity index (χ4v) is 2.52. The van der Waals surface area contributed by atoms with Gasteiger partial charge in [-0.3, -0.25) is 4.79 Å². The molecule has 3 rings (SSSR count).